The molecule has 4 heteroatoms. The van der Waals surface area contributed by atoms with Crippen molar-refractivity contribution in [3.63, 3.8) is 0 Å². The maximum atomic E-state index is 10.8. The Morgan fingerprint density at radius 3 is 2.69 bits per heavy atom. The monoisotopic (exact) mass is 238 g/mol. The van der Waals surface area contributed by atoms with Gasteiger partial charge in [0.2, 0.25) is 0 Å². The zero-order valence-corrected chi connectivity index (χ0v) is 10.7. The predicted octanol–water partition coefficient (Wildman–Crippen LogP) is 2.74. The van der Waals surface area contributed by atoms with Crippen molar-refractivity contribution in [2.75, 3.05) is 18.0 Å². The molecule has 0 aromatic carbocycles. The van der Waals surface area contributed by atoms with E-state index in [9.17, 15) is 4.79 Å². The highest BCUT2D eigenvalue weighted by Crippen LogP contribution is 2.32. The van der Waals surface area contributed by atoms with Gasteiger partial charge in [-0.2, -0.15) is 0 Å². The molecule has 0 amide bonds. The van der Waals surface area contributed by atoms with Gasteiger partial charge in [0.25, 0.3) is 0 Å². The maximum absolute atomic E-state index is 10.8. The quantitative estimate of drug-likeness (QED) is 0.759. The molecule has 1 aliphatic heterocycles. The molecule has 1 saturated heterocycles. The number of rotatable bonds is 3. The molecular formula is C12H18N2OS. The third-order valence-electron chi connectivity index (χ3n) is 3.07. The molecule has 16 heavy (non-hydrogen) atoms. The Bertz CT molecular complexity index is 369. The molecule has 2 rings (SSSR count). The minimum Gasteiger partial charge on any atom is -0.348 e. The van der Waals surface area contributed by atoms with Crippen LogP contribution in [0.4, 0.5) is 5.13 Å². The van der Waals surface area contributed by atoms with Crippen LogP contribution in [-0.2, 0) is 4.79 Å². The van der Waals surface area contributed by atoms with E-state index < -0.39 is 0 Å². The molecule has 0 N–H and O–H groups in total. The van der Waals surface area contributed by atoms with Crippen molar-refractivity contribution in [3.8, 4) is 0 Å². The van der Waals surface area contributed by atoms with E-state index in [2.05, 4.69) is 9.88 Å². The molecule has 1 atom stereocenters. The van der Waals surface area contributed by atoms with E-state index in [-0.39, 0.29) is 5.92 Å². The van der Waals surface area contributed by atoms with Crippen molar-refractivity contribution in [1.82, 2.24) is 4.98 Å². The topological polar surface area (TPSA) is 33.2 Å². The highest BCUT2D eigenvalue weighted by Gasteiger charge is 2.18. The minimum atomic E-state index is -0.0176. The fraction of sp³-hybridized carbons (Fsp3) is 0.667. The predicted molar refractivity (Wildman–Crippen MR) is 67.4 cm³/mol. The summed E-state index contributed by atoms with van der Waals surface area (Å²) in [5.74, 6) is -0.0176. The second-order valence-electron chi connectivity index (χ2n) is 4.42. The lowest BCUT2D eigenvalue weighted by atomic mass is 10.1. The Labute approximate surface area is 100 Å². The van der Waals surface area contributed by atoms with Crippen LogP contribution in [0.25, 0.3) is 0 Å². The zero-order valence-electron chi connectivity index (χ0n) is 9.90. The fourth-order valence-corrected chi connectivity index (χ4v) is 3.22. The van der Waals surface area contributed by atoms with Gasteiger partial charge in [-0.25, -0.2) is 4.98 Å². The maximum Gasteiger partial charge on any atom is 0.185 e. The van der Waals surface area contributed by atoms with Crippen LogP contribution in [0.2, 0.25) is 0 Å². The third-order valence-corrected chi connectivity index (χ3v) is 4.48. The average Bonchev–Trinajstić information content (AvgIpc) is 2.71. The molecule has 0 saturated carbocycles. The summed E-state index contributed by atoms with van der Waals surface area (Å²) < 4.78 is 0. The molecule has 0 aliphatic carbocycles. The molecule has 0 spiro atoms. The largest absolute Gasteiger partial charge is 0.348 e. The molecule has 2 heterocycles. The lowest BCUT2D eigenvalue weighted by molar-refractivity contribution is -0.108. The minimum absolute atomic E-state index is 0.0176. The van der Waals surface area contributed by atoms with Crippen molar-refractivity contribution in [3.05, 3.63) is 10.6 Å². The van der Waals surface area contributed by atoms with Gasteiger partial charge in [-0.05, 0) is 26.2 Å². The highest BCUT2D eigenvalue weighted by atomic mass is 32.1. The Balaban J connectivity index is 2.19. The van der Waals surface area contributed by atoms with Crippen LogP contribution in [0.5, 0.6) is 0 Å². The standard InChI is InChI=1S/C12H18N2OS/c1-9(8-15)11-10(2)13-12(16-11)14-6-4-3-5-7-14/h8-9H,3-7H2,1-2H3. The normalized spacial score (nSPS) is 18.5. The summed E-state index contributed by atoms with van der Waals surface area (Å²) in [5, 5.41) is 1.10. The Morgan fingerprint density at radius 1 is 1.38 bits per heavy atom. The van der Waals surface area contributed by atoms with Crippen molar-refractivity contribution in [1.29, 1.82) is 0 Å². The van der Waals surface area contributed by atoms with Gasteiger partial charge in [-0.15, -0.1) is 11.3 Å². The van der Waals surface area contributed by atoms with Crippen LogP contribution >= 0.6 is 11.3 Å². The molecule has 1 aromatic heterocycles. The van der Waals surface area contributed by atoms with Crippen LogP contribution in [0.3, 0.4) is 0 Å². The summed E-state index contributed by atoms with van der Waals surface area (Å²) >= 11 is 1.68. The fourth-order valence-electron chi connectivity index (χ4n) is 2.10. The lowest BCUT2D eigenvalue weighted by Crippen LogP contribution is -2.29. The zero-order chi connectivity index (χ0) is 11.5. The van der Waals surface area contributed by atoms with Crippen molar-refractivity contribution < 1.29 is 4.79 Å². The number of aryl methyl sites for hydroxylation is 1. The number of thiazole rings is 1. The number of hydrogen-bond donors (Lipinski definition) is 0. The Morgan fingerprint density at radius 2 is 2.06 bits per heavy atom. The highest BCUT2D eigenvalue weighted by molar-refractivity contribution is 7.15. The first-order chi connectivity index (χ1) is 7.72. The Hall–Kier alpha value is -0.900. The molecule has 0 radical (unpaired) electrons. The SMILES string of the molecule is Cc1nc(N2CCCCC2)sc1C(C)C=O. The first kappa shape index (κ1) is 11.6. The molecular weight excluding hydrogens is 220 g/mol. The summed E-state index contributed by atoms with van der Waals surface area (Å²) in [7, 11) is 0. The smallest absolute Gasteiger partial charge is 0.185 e. The van der Waals surface area contributed by atoms with Gasteiger partial charge in [0.15, 0.2) is 5.13 Å². The van der Waals surface area contributed by atoms with Gasteiger partial charge in [-0.3, -0.25) is 0 Å². The summed E-state index contributed by atoms with van der Waals surface area (Å²) in [4.78, 5) is 18.9. The van der Waals surface area contributed by atoms with Gasteiger partial charge >= 0.3 is 0 Å². The van der Waals surface area contributed by atoms with Crippen LogP contribution in [0, 0.1) is 6.92 Å². The van der Waals surface area contributed by atoms with E-state index in [1.165, 1.54) is 19.3 Å². The van der Waals surface area contributed by atoms with Gasteiger partial charge in [0, 0.05) is 23.9 Å². The third kappa shape index (κ3) is 2.26. The van der Waals surface area contributed by atoms with Gasteiger partial charge in [0.1, 0.15) is 6.29 Å². The van der Waals surface area contributed by atoms with E-state index in [1.54, 1.807) is 11.3 Å². The lowest BCUT2D eigenvalue weighted by Gasteiger charge is -2.25. The first-order valence-electron chi connectivity index (χ1n) is 5.90. The first-order valence-corrected chi connectivity index (χ1v) is 6.71. The van der Waals surface area contributed by atoms with Crippen LogP contribution in [0.1, 0.15) is 42.7 Å². The number of hydrogen-bond acceptors (Lipinski definition) is 4. The van der Waals surface area contributed by atoms with E-state index in [1.807, 2.05) is 13.8 Å². The summed E-state index contributed by atoms with van der Waals surface area (Å²) in [6.45, 7) is 6.16. The molecule has 3 nitrogen and oxygen atoms in total. The number of aromatic nitrogens is 1. The Kier molecular flexibility index (Phi) is 3.59. The van der Waals surface area contributed by atoms with Gasteiger partial charge < -0.3 is 9.69 Å². The van der Waals surface area contributed by atoms with Gasteiger partial charge in [0.05, 0.1) is 5.69 Å². The van der Waals surface area contributed by atoms with Gasteiger partial charge in [-0.1, -0.05) is 6.92 Å². The van der Waals surface area contributed by atoms with E-state index in [0.717, 1.165) is 35.1 Å². The van der Waals surface area contributed by atoms with Crippen LogP contribution in [-0.4, -0.2) is 24.4 Å². The van der Waals surface area contributed by atoms with Crippen molar-refractivity contribution in [2.45, 2.75) is 39.0 Å². The average molecular weight is 238 g/mol. The second-order valence-corrected chi connectivity index (χ2v) is 5.43. The van der Waals surface area contributed by atoms with E-state index in [0.29, 0.717) is 0 Å². The van der Waals surface area contributed by atoms with Crippen LogP contribution < -0.4 is 4.90 Å². The number of piperidine rings is 1. The molecule has 1 aromatic rings. The second kappa shape index (κ2) is 4.95. The summed E-state index contributed by atoms with van der Waals surface area (Å²) in [5.41, 5.74) is 1.02. The number of anilines is 1. The summed E-state index contributed by atoms with van der Waals surface area (Å²) in [6.07, 6.45) is 4.85. The number of carbonyl (C=O) groups is 1. The van der Waals surface area contributed by atoms with E-state index in [4.69, 9.17) is 0 Å². The molecule has 88 valence electrons. The van der Waals surface area contributed by atoms with Crippen molar-refractivity contribution in [2.24, 2.45) is 0 Å². The van der Waals surface area contributed by atoms with Crippen molar-refractivity contribution >= 4 is 22.8 Å². The molecule has 1 fully saturated rings. The molecule has 0 bridgehead atoms. The van der Waals surface area contributed by atoms with Crippen LogP contribution in [0.15, 0.2) is 0 Å². The van der Waals surface area contributed by atoms with E-state index >= 15 is 0 Å². The number of nitrogens with zero attached hydrogens (tertiary/aromatic N) is 2. The molecule has 1 unspecified atom stereocenters. The summed E-state index contributed by atoms with van der Waals surface area (Å²) in [6, 6.07) is 0. The number of carbonyl (C=O) groups excluding carboxylic acids is 1. The number of aldehydes is 1. The molecule has 1 aliphatic rings.